The van der Waals surface area contributed by atoms with Crippen LogP contribution in [-0.2, 0) is 0 Å². The van der Waals surface area contributed by atoms with Gasteiger partial charge in [-0.3, -0.25) is 0 Å². The fraction of sp³-hybridized carbons (Fsp3) is 0.692. The molecule has 18 heavy (non-hydrogen) atoms. The molecule has 2 heterocycles. The third-order valence-electron chi connectivity index (χ3n) is 3.64. The Kier molecular flexibility index (Phi) is 3.59. The second-order valence-corrected chi connectivity index (χ2v) is 5.48. The number of piperidine rings is 1. The molecular formula is C13H22N4O. The molecule has 1 saturated heterocycles. The van der Waals surface area contributed by atoms with Crippen LogP contribution in [0.15, 0.2) is 6.33 Å². The van der Waals surface area contributed by atoms with Crippen LogP contribution >= 0.6 is 0 Å². The number of hydrogen-bond donors (Lipinski definition) is 1. The van der Waals surface area contributed by atoms with Gasteiger partial charge < -0.3 is 15.0 Å². The van der Waals surface area contributed by atoms with Crippen LogP contribution in [0.3, 0.4) is 0 Å². The maximum atomic E-state index is 5.44. The summed E-state index contributed by atoms with van der Waals surface area (Å²) >= 11 is 0. The quantitative estimate of drug-likeness (QED) is 0.890. The fourth-order valence-corrected chi connectivity index (χ4v) is 2.28. The van der Waals surface area contributed by atoms with Gasteiger partial charge in [0.25, 0.3) is 0 Å². The molecule has 0 bridgehead atoms. The van der Waals surface area contributed by atoms with Gasteiger partial charge in [0.1, 0.15) is 6.33 Å². The van der Waals surface area contributed by atoms with Gasteiger partial charge in [-0.25, -0.2) is 9.97 Å². The van der Waals surface area contributed by atoms with E-state index in [1.165, 1.54) is 12.8 Å². The van der Waals surface area contributed by atoms with Crippen molar-refractivity contribution < 1.29 is 4.74 Å². The number of methoxy groups -OCH3 is 1. The first-order valence-electron chi connectivity index (χ1n) is 6.39. The van der Waals surface area contributed by atoms with Gasteiger partial charge in [0.05, 0.1) is 7.11 Å². The molecule has 0 saturated carbocycles. The van der Waals surface area contributed by atoms with Crippen LogP contribution in [0.2, 0.25) is 0 Å². The number of nitrogens with zero attached hydrogens (tertiary/aromatic N) is 3. The molecule has 0 radical (unpaired) electrons. The highest BCUT2D eigenvalue weighted by Gasteiger charge is 2.28. The molecule has 1 N–H and O–H groups in total. The average Bonchev–Trinajstić information content (AvgIpc) is 2.37. The van der Waals surface area contributed by atoms with Crippen LogP contribution in [-0.4, -0.2) is 37.2 Å². The predicted octanol–water partition coefficient (Wildman–Crippen LogP) is 2.15. The van der Waals surface area contributed by atoms with E-state index in [1.807, 2.05) is 7.05 Å². The smallest absolute Gasteiger partial charge is 0.204 e. The summed E-state index contributed by atoms with van der Waals surface area (Å²) in [6.45, 7) is 6.67. The molecule has 0 aromatic carbocycles. The van der Waals surface area contributed by atoms with Crippen molar-refractivity contribution in [2.75, 3.05) is 37.5 Å². The van der Waals surface area contributed by atoms with E-state index in [2.05, 4.69) is 34.0 Å². The van der Waals surface area contributed by atoms with E-state index in [-0.39, 0.29) is 0 Å². The SMILES string of the molecule is CNc1ncnc(N2CCC(C)(C)CC2)c1OC. The fourth-order valence-electron chi connectivity index (χ4n) is 2.28. The van der Waals surface area contributed by atoms with E-state index in [4.69, 9.17) is 4.74 Å². The summed E-state index contributed by atoms with van der Waals surface area (Å²) in [5.41, 5.74) is 0.433. The van der Waals surface area contributed by atoms with Gasteiger partial charge in [-0.2, -0.15) is 0 Å². The number of aromatic nitrogens is 2. The summed E-state index contributed by atoms with van der Waals surface area (Å²) in [6, 6.07) is 0. The van der Waals surface area contributed by atoms with Gasteiger partial charge >= 0.3 is 0 Å². The lowest BCUT2D eigenvalue weighted by atomic mass is 9.83. The van der Waals surface area contributed by atoms with Gasteiger partial charge in [0.15, 0.2) is 11.6 Å². The Labute approximate surface area is 109 Å². The van der Waals surface area contributed by atoms with Crippen LogP contribution in [0, 0.1) is 5.41 Å². The van der Waals surface area contributed by atoms with Crippen LogP contribution in [0.5, 0.6) is 5.75 Å². The summed E-state index contributed by atoms with van der Waals surface area (Å²) in [5.74, 6) is 2.37. The van der Waals surface area contributed by atoms with Crippen molar-refractivity contribution in [1.29, 1.82) is 0 Å². The Morgan fingerprint density at radius 2 is 1.94 bits per heavy atom. The zero-order valence-electron chi connectivity index (χ0n) is 11.7. The topological polar surface area (TPSA) is 50.3 Å². The molecule has 0 aliphatic carbocycles. The highest BCUT2D eigenvalue weighted by atomic mass is 16.5. The van der Waals surface area contributed by atoms with E-state index < -0.39 is 0 Å². The van der Waals surface area contributed by atoms with Crippen molar-refractivity contribution in [2.45, 2.75) is 26.7 Å². The maximum absolute atomic E-state index is 5.44. The van der Waals surface area contributed by atoms with Crippen LogP contribution in [0.25, 0.3) is 0 Å². The molecule has 1 aromatic rings. The molecule has 1 aromatic heterocycles. The van der Waals surface area contributed by atoms with Gasteiger partial charge in [-0.1, -0.05) is 13.8 Å². The maximum Gasteiger partial charge on any atom is 0.204 e. The van der Waals surface area contributed by atoms with E-state index in [0.29, 0.717) is 5.41 Å². The summed E-state index contributed by atoms with van der Waals surface area (Å²) < 4.78 is 5.44. The van der Waals surface area contributed by atoms with Gasteiger partial charge in [-0.05, 0) is 18.3 Å². The zero-order valence-corrected chi connectivity index (χ0v) is 11.7. The Bertz CT molecular complexity index is 409. The lowest BCUT2D eigenvalue weighted by Gasteiger charge is -2.37. The first-order chi connectivity index (χ1) is 8.57. The minimum absolute atomic E-state index is 0.433. The predicted molar refractivity (Wildman–Crippen MR) is 73.4 cm³/mol. The third kappa shape index (κ3) is 2.49. The molecule has 5 nitrogen and oxygen atoms in total. The van der Waals surface area contributed by atoms with Gasteiger partial charge in [0, 0.05) is 20.1 Å². The highest BCUT2D eigenvalue weighted by molar-refractivity contribution is 5.64. The van der Waals surface area contributed by atoms with E-state index in [9.17, 15) is 0 Å². The molecular weight excluding hydrogens is 228 g/mol. The van der Waals surface area contributed by atoms with Crippen molar-refractivity contribution in [3.05, 3.63) is 6.33 Å². The number of hydrogen-bond acceptors (Lipinski definition) is 5. The lowest BCUT2D eigenvalue weighted by molar-refractivity contribution is 0.277. The Balaban J connectivity index is 2.23. The Morgan fingerprint density at radius 1 is 1.28 bits per heavy atom. The van der Waals surface area contributed by atoms with Crippen LogP contribution < -0.4 is 15.0 Å². The minimum Gasteiger partial charge on any atom is -0.490 e. The molecule has 0 unspecified atom stereocenters. The molecule has 1 aliphatic heterocycles. The molecule has 2 rings (SSSR count). The lowest BCUT2D eigenvalue weighted by Crippen LogP contribution is -2.38. The number of ether oxygens (including phenoxy) is 1. The summed E-state index contributed by atoms with van der Waals surface area (Å²) in [5, 5.41) is 3.04. The van der Waals surface area contributed by atoms with E-state index in [0.717, 1.165) is 30.5 Å². The Morgan fingerprint density at radius 3 is 2.50 bits per heavy atom. The van der Waals surface area contributed by atoms with Crippen molar-refractivity contribution in [1.82, 2.24) is 9.97 Å². The number of nitrogens with one attached hydrogen (secondary N) is 1. The van der Waals surface area contributed by atoms with Crippen molar-refractivity contribution in [3.8, 4) is 5.75 Å². The van der Waals surface area contributed by atoms with Crippen molar-refractivity contribution >= 4 is 11.6 Å². The standard InChI is InChI=1S/C13H22N4O/c1-13(2)5-7-17(8-6-13)12-10(18-4)11(14-3)15-9-16-12/h9H,5-8H2,1-4H3,(H,14,15,16). The first-order valence-corrected chi connectivity index (χ1v) is 6.39. The molecule has 0 atom stereocenters. The second-order valence-electron chi connectivity index (χ2n) is 5.48. The average molecular weight is 250 g/mol. The molecule has 1 aliphatic rings. The van der Waals surface area contributed by atoms with Crippen molar-refractivity contribution in [3.63, 3.8) is 0 Å². The number of anilines is 2. The van der Waals surface area contributed by atoms with Crippen molar-refractivity contribution in [2.24, 2.45) is 5.41 Å². The minimum atomic E-state index is 0.433. The molecule has 1 fully saturated rings. The van der Waals surface area contributed by atoms with E-state index >= 15 is 0 Å². The number of rotatable bonds is 3. The highest BCUT2D eigenvalue weighted by Crippen LogP contribution is 2.36. The Hall–Kier alpha value is -1.52. The summed E-state index contributed by atoms with van der Waals surface area (Å²) in [7, 11) is 3.50. The first kappa shape index (κ1) is 12.9. The molecule has 5 heteroatoms. The molecule has 0 amide bonds. The molecule has 100 valence electrons. The summed E-state index contributed by atoms with van der Waals surface area (Å²) in [6.07, 6.45) is 3.94. The van der Waals surface area contributed by atoms with E-state index in [1.54, 1.807) is 13.4 Å². The largest absolute Gasteiger partial charge is 0.490 e. The second kappa shape index (κ2) is 5.00. The molecule has 0 spiro atoms. The zero-order chi connectivity index (χ0) is 13.2. The van der Waals surface area contributed by atoms with Crippen LogP contribution in [0.1, 0.15) is 26.7 Å². The third-order valence-corrected chi connectivity index (χ3v) is 3.64. The van der Waals surface area contributed by atoms with Gasteiger partial charge in [-0.15, -0.1) is 0 Å². The van der Waals surface area contributed by atoms with Gasteiger partial charge in [0.2, 0.25) is 5.75 Å². The van der Waals surface area contributed by atoms with Crippen LogP contribution in [0.4, 0.5) is 11.6 Å². The summed E-state index contributed by atoms with van der Waals surface area (Å²) in [4.78, 5) is 10.8. The normalized spacial score (nSPS) is 18.6. The monoisotopic (exact) mass is 250 g/mol.